The van der Waals surface area contributed by atoms with Gasteiger partial charge in [0.1, 0.15) is 17.4 Å². The molecule has 1 aliphatic heterocycles. The van der Waals surface area contributed by atoms with Crippen molar-refractivity contribution in [1.29, 1.82) is 5.26 Å². The van der Waals surface area contributed by atoms with E-state index in [1.807, 2.05) is 24.8 Å². The summed E-state index contributed by atoms with van der Waals surface area (Å²) in [6.45, 7) is 5.17. The summed E-state index contributed by atoms with van der Waals surface area (Å²) in [6, 6.07) is 6.83. The number of rotatable bonds is 4. The van der Waals surface area contributed by atoms with Crippen molar-refractivity contribution >= 4 is 23.2 Å². The van der Waals surface area contributed by atoms with E-state index in [4.69, 9.17) is 21.1 Å². The first-order valence-corrected chi connectivity index (χ1v) is 7.97. The maximum atomic E-state index is 12.4. The van der Waals surface area contributed by atoms with E-state index in [9.17, 15) is 10.1 Å². The van der Waals surface area contributed by atoms with Gasteiger partial charge in [-0.1, -0.05) is 11.6 Å². The minimum atomic E-state index is -0.509. The Morgan fingerprint density at radius 1 is 1.46 bits per heavy atom. The van der Waals surface area contributed by atoms with Gasteiger partial charge >= 0.3 is 0 Å². The van der Waals surface area contributed by atoms with Crippen molar-refractivity contribution in [3.8, 4) is 11.8 Å². The van der Waals surface area contributed by atoms with Gasteiger partial charge in [-0.15, -0.1) is 0 Å². The molecular weight excluding hydrogens is 330 g/mol. The van der Waals surface area contributed by atoms with Gasteiger partial charge in [0.15, 0.2) is 0 Å². The van der Waals surface area contributed by atoms with E-state index in [1.165, 1.54) is 7.11 Å². The summed E-state index contributed by atoms with van der Waals surface area (Å²) in [5.41, 5.74) is 0.429. The van der Waals surface area contributed by atoms with Crippen molar-refractivity contribution in [2.75, 3.05) is 25.5 Å². The smallest absolute Gasteiger partial charge is 0.267 e. The summed E-state index contributed by atoms with van der Waals surface area (Å²) in [5.74, 6) is -0.0384. The number of morpholine rings is 1. The predicted octanol–water partition coefficient (Wildman–Crippen LogP) is 2.80. The van der Waals surface area contributed by atoms with Gasteiger partial charge in [0.25, 0.3) is 5.91 Å². The molecule has 1 N–H and O–H groups in total. The summed E-state index contributed by atoms with van der Waals surface area (Å²) >= 11 is 5.95. The van der Waals surface area contributed by atoms with Crippen molar-refractivity contribution in [1.82, 2.24) is 4.90 Å². The van der Waals surface area contributed by atoms with Crippen LogP contribution < -0.4 is 10.1 Å². The summed E-state index contributed by atoms with van der Waals surface area (Å²) < 4.78 is 10.8. The van der Waals surface area contributed by atoms with E-state index in [0.29, 0.717) is 29.5 Å². The Kier molecular flexibility index (Phi) is 6.07. The minimum Gasteiger partial charge on any atom is -0.495 e. The Morgan fingerprint density at radius 2 is 2.12 bits per heavy atom. The van der Waals surface area contributed by atoms with Crippen LogP contribution in [0.4, 0.5) is 5.69 Å². The minimum absolute atomic E-state index is 0.0123. The van der Waals surface area contributed by atoms with Gasteiger partial charge in [-0.2, -0.15) is 5.26 Å². The fourth-order valence-electron chi connectivity index (χ4n) is 2.61. The maximum absolute atomic E-state index is 12.4. The molecule has 0 saturated carbocycles. The number of nitrogens with zero attached hydrogens (tertiary/aromatic N) is 2. The number of hydrogen-bond acceptors (Lipinski definition) is 5. The summed E-state index contributed by atoms with van der Waals surface area (Å²) in [4.78, 5) is 14.3. The summed E-state index contributed by atoms with van der Waals surface area (Å²) in [5, 5.41) is 12.5. The van der Waals surface area contributed by atoms with Crippen molar-refractivity contribution in [3.05, 3.63) is 35.0 Å². The SMILES string of the molecule is COc1ccc(Cl)cc1NC(=O)/C(C#N)=C\N1CC(C)OC(C)C1. The lowest BCUT2D eigenvalue weighted by atomic mass is 10.2. The van der Waals surface area contributed by atoms with Gasteiger partial charge in [0.2, 0.25) is 0 Å². The number of nitrogens with one attached hydrogen (secondary N) is 1. The molecule has 2 rings (SSSR count). The van der Waals surface area contributed by atoms with Crippen molar-refractivity contribution < 1.29 is 14.3 Å². The predicted molar refractivity (Wildman–Crippen MR) is 91.9 cm³/mol. The highest BCUT2D eigenvalue weighted by atomic mass is 35.5. The second-order valence-corrected chi connectivity index (χ2v) is 6.10. The number of benzene rings is 1. The molecule has 0 aliphatic carbocycles. The van der Waals surface area contributed by atoms with E-state index >= 15 is 0 Å². The summed E-state index contributed by atoms with van der Waals surface area (Å²) in [6.07, 6.45) is 1.66. The van der Waals surface area contributed by atoms with Crippen molar-refractivity contribution in [2.45, 2.75) is 26.1 Å². The molecule has 1 heterocycles. The van der Waals surface area contributed by atoms with Gasteiger partial charge in [0.05, 0.1) is 25.0 Å². The molecule has 0 bridgehead atoms. The highest BCUT2D eigenvalue weighted by Crippen LogP contribution is 2.28. The Labute approximate surface area is 146 Å². The van der Waals surface area contributed by atoms with E-state index in [0.717, 1.165) is 0 Å². The average Bonchev–Trinajstić information content (AvgIpc) is 2.51. The first-order chi connectivity index (χ1) is 11.4. The Balaban J connectivity index is 2.16. The van der Waals surface area contributed by atoms with Gasteiger partial charge in [-0.05, 0) is 32.0 Å². The molecule has 128 valence electrons. The largest absolute Gasteiger partial charge is 0.495 e. The molecule has 2 atom stereocenters. The van der Waals surface area contributed by atoms with Crippen LogP contribution >= 0.6 is 11.6 Å². The second kappa shape index (κ2) is 8.04. The molecule has 0 spiro atoms. The van der Waals surface area contributed by atoms with Crippen LogP contribution in [-0.2, 0) is 9.53 Å². The van der Waals surface area contributed by atoms with Crippen LogP contribution in [0.1, 0.15) is 13.8 Å². The molecule has 0 aromatic heterocycles. The van der Waals surface area contributed by atoms with Gasteiger partial charge in [-0.25, -0.2) is 0 Å². The lowest BCUT2D eigenvalue weighted by Crippen LogP contribution is -2.43. The number of amides is 1. The Hall–Kier alpha value is -2.23. The highest BCUT2D eigenvalue weighted by molar-refractivity contribution is 6.31. The highest BCUT2D eigenvalue weighted by Gasteiger charge is 2.22. The quantitative estimate of drug-likeness (QED) is 0.668. The van der Waals surface area contributed by atoms with E-state index in [-0.39, 0.29) is 17.8 Å². The third-order valence-electron chi connectivity index (χ3n) is 3.53. The van der Waals surface area contributed by atoms with Crippen LogP contribution in [0.15, 0.2) is 30.0 Å². The van der Waals surface area contributed by atoms with Crippen LogP contribution in [0.2, 0.25) is 5.02 Å². The van der Waals surface area contributed by atoms with Gasteiger partial charge < -0.3 is 19.7 Å². The number of ether oxygens (including phenoxy) is 2. The fraction of sp³-hybridized carbons (Fsp3) is 0.412. The van der Waals surface area contributed by atoms with Crippen molar-refractivity contribution in [2.24, 2.45) is 0 Å². The number of halogens is 1. The molecule has 0 radical (unpaired) electrons. The molecule has 1 aromatic carbocycles. The number of anilines is 1. The van der Waals surface area contributed by atoms with E-state index in [1.54, 1.807) is 24.4 Å². The average molecular weight is 350 g/mol. The Morgan fingerprint density at radius 3 is 2.71 bits per heavy atom. The zero-order valence-corrected chi connectivity index (χ0v) is 14.6. The van der Waals surface area contributed by atoms with Crippen LogP contribution in [0, 0.1) is 11.3 Å². The molecule has 1 fully saturated rings. The monoisotopic (exact) mass is 349 g/mol. The lowest BCUT2D eigenvalue weighted by Gasteiger charge is -2.34. The third kappa shape index (κ3) is 4.63. The molecule has 7 heteroatoms. The van der Waals surface area contributed by atoms with Gasteiger partial charge in [0, 0.05) is 24.3 Å². The number of carbonyl (C=O) groups is 1. The number of methoxy groups -OCH3 is 1. The number of nitriles is 1. The van der Waals surface area contributed by atoms with Crippen LogP contribution in [-0.4, -0.2) is 43.2 Å². The molecule has 24 heavy (non-hydrogen) atoms. The molecule has 6 nitrogen and oxygen atoms in total. The first kappa shape index (κ1) is 18.1. The van der Waals surface area contributed by atoms with Gasteiger partial charge in [-0.3, -0.25) is 4.79 Å². The van der Waals surface area contributed by atoms with E-state index < -0.39 is 5.91 Å². The van der Waals surface area contributed by atoms with Crippen LogP contribution in [0.25, 0.3) is 0 Å². The molecule has 1 saturated heterocycles. The standard InChI is InChI=1S/C17H20ClN3O3/c1-11-8-21(9-12(2)24-11)10-13(7-19)17(22)20-15-6-14(18)4-5-16(15)23-3/h4-6,10-12H,8-9H2,1-3H3,(H,20,22)/b13-10-. The molecule has 1 aliphatic rings. The lowest BCUT2D eigenvalue weighted by molar-refractivity contribution is -0.112. The van der Waals surface area contributed by atoms with Crippen molar-refractivity contribution in [3.63, 3.8) is 0 Å². The first-order valence-electron chi connectivity index (χ1n) is 7.59. The number of carbonyl (C=O) groups excluding carboxylic acids is 1. The third-order valence-corrected chi connectivity index (χ3v) is 3.77. The second-order valence-electron chi connectivity index (χ2n) is 5.66. The van der Waals surface area contributed by atoms with Crippen LogP contribution in [0.5, 0.6) is 5.75 Å². The molecular formula is C17H20ClN3O3. The number of hydrogen-bond donors (Lipinski definition) is 1. The Bertz CT molecular complexity index is 674. The topological polar surface area (TPSA) is 74.6 Å². The zero-order valence-electron chi connectivity index (χ0n) is 13.9. The molecule has 1 aromatic rings. The molecule has 1 amide bonds. The van der Waals surface area contributed by atoms with E-state index in [2.05, 4.69) is 5.32 Å². The normalized spacial score (nSPS) is 21.1. The fourth-order valence-corrected chi connectivity index (χ4v) is 2.78. The summed E-state index contributed by atoms with van der Waals surface area (Å²) in [7, 11) is 1.50. The molecule has 2 unspecified atom stereocenters. The maximum Gasteiger partial charge on any atom is 0.267 e. The zero-order chi connectivity index (χ0) is 17.7. The van der Waals surface area contributed by atoms with Crippen LogP contribution in [0.3, 0.4) is 0 Å².